The van der Waals surface area contributed by atoms with Crippen molar-refractivity contribution in [3.63, 3.8) is 0 Å². The smallest absolute Gasteiger partial charge is 0.0240 e. The first-order chi connectivity index (χ1) is 9.85. The Bertz CT molecular complexity index is 614. The van der Waals surface area contributed by atoms with E-state index in [-0.39, 0.29) is 12.4 Å². The quantitative estimate of drug-likeness (QED) is 0.914. The largest absolute Gasteiger partial charge is 0.316 e. The lowest BCUT2D eigenvalue weighted by atomic mass is 9.86. The van der Waals surface area contributed by atoms with Crippen LogP contribution in [0.4, 0.5) is 0 Å². The van der Waals surface area contributed by atoms with Crippen LogP contribution < -0.4 is 5.32 Å². The van der Waals surface area contributed by atoms with Gasteiger partial charge < -0.3 is 5.32 Å². The molecule has 0 aromatic heterocycles. The number of hydrogen-bond donors (Lipinski definition) is 1. The molecule has 2 aliphatic rings. The summed E-state index contributed by atoms with van der Waals surface area (Å²) < 4.78 is 0. The fourth-order valence-electron chi connectivity index (χ4n) is 3.98. The highest BCUT2D eigenvalue weighted by molar-refractivity contribution is 5.85. The summed E-state index contributed by atoms with van der Waals surface area (Å²) >= 11 is 0. The standard InChI is InChI=1S/C18H22N2.ClH/c1-2-7-17-15(4-1)5-3-6-16(17)12-20-11-9-18(14-20)8-10-19-13-18;/h1-7,19H,8-14H2;1H. The van der Waals surface area contributed by atoms with Crippen LogP contribution in [-0.4, -0.2) is 31.1 Å². The van der Waals surface area contributed by atoms with E-state index in [1.807, 2.05) is 0 Å². The molecule has 1 spiro atoms. The van der Waals surface area contributed by atoms with Crippen LogP contribution in [0.15, 0.2) is 42.5 Å². The van der Waals surface area contributed by atoms with Gasteiger partial charge in [0.1, 0.15) is 0 Å². The van der Waals surface area contributed by atoms with E-state index in [1.165, 1.54) is 55.4 Å². The van der Waals surface area contributed by atoms with Gasteiger partial charge in [-0.05, 0) is 47.7 Å². The molecule has 2 saturated heterocycles. The highest BCUT2D eigenvalue weighted by atomic mass is 35.5. The van der Waals surface area contributed by atoms with Gasteiger partial charge in [-0.25, -0.2) is 0 Å². The summed E-state index contributed by atoms with van der Waals surface area (Å²) in [6, 6.07) is 15.4. The molecule has 0 saturated carbocycles. The maximum Gasteiger partial charge on any atom is 0.0240 e. The molecule has 1 N–H and O–H groups in total. The molecule has 3 heteroatoms. The van der Waals surface area contributed by atoms with Crippen LogP contribution in [0.3, 0.4) is 0 Å². The van der Waals surface area contributed by atoms with E-state index in [1.54, 1.807) is 0 Å². The SMILES string of the molecule is Cl.c1ccc2c(CN3CCC4(CCNC4)C3)cccc2c1. The van der Waals surface area contributed by atoms with Crippen LogP contribution in [-0.2, 0) is 6.54 Å². The number of likely N-dealkylation sites (tertiary alicyclic amines) is 1. The van der Waals surface area contributed by atoms with Crippen molar-refractivity contribution in [1.29, 1.82) is 0 Å². The average molecular weight is 303 g/mol. The molecule has 1 unspecified atom stereocenters. The third-order valence-electron chi connectivity index (χ3n) is 5.12. The maximum atomic E-state index is 3.54. The summed E-state index contributed by atoms with van der Waals surface area (Å²) in [5.41, 5.74) is 2.05. The second kappa shape index (κ2) is 5.96. The number of nitrogens with zero attached hydrogens (tertiary/aromatic N) is 1. The van der Waals surface area contributed by atoms with Gasteiger partial charge in [0.15, 0.2) is 0 Å². The van der Waals surface area contributed by atoms with Crippen molar-refractivity contribution >= 4 is 23.2 Å². The van der Waals surface area contributed by atoms with Crippen LogP contribution in [0.5, 0.6) is 0 Å². The Kier molecular flexibility index (Phi) is 4.21. The third kappa shape index (κ3) is 2.80. The van der Waals surface area contributed by atoms with Crippen molar-refractivity contribution in [2.45, 2.75) is 19.4 Å². The van der Waals surface area contributed by atoms with Crippen molar-refractivity contribution in [1.82, 2.24) is 10.2 Å². The fraction of sp³-hybridized carbons (Fsp3) is 0.444. The second-order valence-electron chi connectivity index (χ2n) is 6.53. The molecule has 21 heavy (non-hydrogen) atoms. The van der Waals surface area contributed by atoms with Crippen molar-refractivity contribution in [3.8, 4) is 0 Å². The summed E-state index contributed by atoms with van der Waals surface area (Å²) in [6.07, 6.45) is 2.73. The minimum absolute atomic E-state index is 0. The van der Waals surface area contributed by atoms with Crippen molar-refractivity contribution in [2.75, 3.05) is 26.2 Å². The Hall–Kier alpha value is -1.09. The van der Waals surface area contributed by atoms with Crippen LogP contribution in [0, 0.1) is 5.41 Å². The predicted molar refractivity (Wildman–Crippen MR) is 91.0 cm³/mol. The van der Waals surface area contributed by atoms with Gasteiger partial charge in [0.05, 0.1) is 0 Å². The molecule has 2 aromatic rings. The normalized spacial score (nSPS) is 25.5. The lowest BCUT2D eigenvalue weighted by molar-refractivity contribution is 0.269. The Balaban J connectivity index is 0.00000132. The summed E-state index contributed by atoms with van der Waals surface area (Å²) in [5, 5.41) is 6.32. The molecule has 2 aromatic carbocycles. The van der Waals surface area contributed by atoms with E-state index < -0.39 is 0 Å². The molecule has 2 heterocycles. The first-order valence-electron chi connectivity index (χ1n) is 7.74. The zero-order valence-corrected chi connectivity index (χ0v) is 13.2. The third-order valence-corrected chi connectivity index (χ3v) is 5.12. The van der Waals surface area contributed by atoms with E-state index >= 15 is 0 Å². The van der Waals surface area contributed by atoms with Crippen LogP contribution >= 0.6 is 12.4 Å². The number of rotatable bonds is 2. The van der Waals surface area contributed by atoms with Gasteiger partial charge in [0.2, 0.25) is 0 Å². The number of hydrogen-bond acceptors (Lipinski definition) is 2. The number of nitrogens with one attached hydrogen (secondary N) is 1. The lowest BCUT2D eigenvalue weighted by Gasteiger charge is -2.23. The summed E-state index contributed by atoms with van der Waals surface area (Å²) in [7, 11) is 0. The Morgan fingerprint density at radius 3 is 2.76 bits per heavy atom. The molecule has 2 fully saturated rings. The second-order valence-corrected chi connectivity index (χ2v) is 6.53. The molecule has 0 aliphatic carbocycles. The highest BCUT2D eigenvalue weighted by Crippen LogP contribution is 2.36. The Labute approximate surface area is 132 Å². The van der Waals surface area contributed by atoms with E-state index in [0.717, 1.165) is 6.54 Å². The lowest BCUT2D eigenvalue weighted by Crippen LogP contribution is -2.28. The highest BCUT2D eigenvalue weighted by Gasteiger charge is 2.40. The van der Waals surface area contributed by atoms with Gasteiger partial charge in [-0.2, -0.15) is 0 Å². The molecule has 1 atom stereocenters. The topological polar surface area (TPSA) is 15.3 Å². The zero-order valence-electron chi connectivity index (χ0n) is 12.3. The minimum atomic E-state index is 0. The molecule has 0 amide bonds. The molecule has 112 valence electrons. The predicted octanol–water partition coefficient (Wildman–Crippen LogP) is 3.45. The van der Waals surface area contributed by atoms with Gasteiger partial charge in [0, 0.05) is 19.6 Å². The average Bonchev–Trinajstić information content (AvgIpc) is 3.10. The fourth-order valence-corrected chi connectivity index (χ4v) is 3.98. The molecule has 0 bridgehead atoms. The first-order valence-corrected chi connectivity index (χ1v) is 7.74. The van der Waals surface area contributed by atoms with Crippen LogP contribution in [0.25, 0.3) is 10.8 Å². The van der Waals surface area contributed by atoms with Gasteiger partial charge in [-0.3, -0.25) is 4.90 Å². The Morgan fingerprint density at radius 1 is 1.05 bits per heavy atom. The van der Waals surface area contributed by atoms with Gasteiger partial charge >= 0.3 is 0 Å². The minimum Gasteiger partial charge on any atom is -0.316 e. The monoisotopic (exact) mass is 302 g/mol. The van der Waals surface area contributed by atoms with Crippen molar-refractivity contribution in [3.05, 3.63) is 48.0 Å². The van der Waals surface area contributed by atoms with E-state index in [9.17, 15) is 0 Å². The van der Waals surface area contributed by atoms with E-state index in [4.69, 9.17) is 0 Å². The van der Waals surface area contributed by atoms with Gasteiger partial charge in [-0.1, -0.05) is 42.5 Å². The van der Waals surface area contributed by atoms with Crippen molar-refractivity contribution < 1.29 is 0 Å². The van der Waals surface area contributed by atoms with Gasteiger partial charge in [0.25, 0.3) is 0 Å². The molecule has 4 rings (SSSR count). The zero-order chi connectivity index (χ0) is 13.4. The summed E-state index contributed by atoms with van der Waals surface area (Å²) in [4.78, 5) is 2.65. The summed E-state index contributed by atoms with van der Waals surface area (Å²) in [6.45, 7) is 6.05. The van der Waals surface area contributed by atoms with Crippen LogP contribution in [0.2, 0.25) is 0 Å². The van der Waals surface area contributed by atoms with E-state index in [2.05, 4.69) is 52.7 Å². The van der Waals surface area contributed by atoms with Gasteiger partial charge in [-0.15, -0.1) is 12.4 Å². The molecular weight excluding hydrogens is 280 g/mol. The first kappa shape index (κ1) is 14.8. The molecule has 0 radical (unpaired) electrons. The number of benzene rings is 2. The Morgan fingerprint density at radius 2 is 1.90 bits per heavy atom. The molecule has 2 aliphatic heterocycles. The van der Waals surface area contributed by atoms with E-state index in [0.29, 0.717) is 5.41 Å². The molecule has 2 nitrogen and oxygen atoms in total. The maximum absolute atomic E-state index is 3.54. The number of halogens is 1. The number of fused-ring (bicyclic) bond motifs is 1. The molecular formula is C18H23ClN2. The van der Waals surface area contributed by atoms with Crippen molar-refractivity contribution in [2.24, 2.45) is 5.41 Å². The summed E-state index contributed by atoms with van der Waals surface area (Å²) in [5.74, 6) is 0. The van der Waals surface area contributed by atoms with Crippen LogP contribution in [0.1, 0.15) is 18.4 Å².